The highest BCUT2D eigenvalue weighted by Gasteiger charge is 2.24. The van der Waals surface area contributed by atoms with Crippen LogP contribution >= 0.6 is 15.9 Å². The van der Waals surface area contributed by atoms with Gasteiger partial charge in [-0.3, -0.25) is 5.43 Å². The lowest BCUT2D eigenvalue weighted by atomic mass is 10.0. The average Bonchev–Trinajstić information content (AvgIpc) is 3.26. The van der Waals surface area contributed by atoms with Crippen LogP contribution in [0.5, 0.6) is 0 Å². The molecule has 0 aliphatic carbocycles. The SMILES string of the molecule is Brc1ccc(-c2ccc(C3CC(c4ccccc4)=NN3)o2)cc1. The van der Waals surface area contributed by atoms with E-state index in [0.717, 1.165) is 39.3 Å². The maximum atomic E-state index is 6.03. The summed E-state index contributed by atoms with van der Waals surface area (Å²) in [5.41, 5.74) is 6.47. The maximum Gasteiger partial charge on any atom is 0.134 e. The van der Waals surface area contributed by atoms with E-state index in [1.165, 1.54) is 0 Å². The Hall–Kier alpha value is -2.33. The number of nitrogens with one attached hydrogen (secondary N) is 1. The van der Waals surface area contributed by atoms with Crippen LogP contribution in [0.15, 0.2) is 80.7 Å². The highest BCUT2D eigenvalue weighted by Crippen LogP contribution is 2.30. The van der Waals surface area contributed by atoms with Gasteiger partial charge < -0.3 is 4.42 Å². The van der Waals surface area contributed by atoms with Gasteiger partial charge in [-0.25, -0.2) is 0 Å². The monoisotopic (exact) mass is 366 g/mol. The van der Waals surface area contributed by atoms with Crippen LogP contribution in [-0.2, 0) is 0 Å². The zero-order valence-electron chi connectivity index (χ0n) is 12.4. The zero-order valence-corrected chi connectivity index (χ0v) is 14.0. The highest BCUT2D eigenvalue weighted by molar-refractivity contribution is 9.10. The number of rotatable bonds is 3. The molecule has 0 spiro atoms. The molecule has 1 N–H and O–H groups in total. The molecular formula is C19H15BrN2O. The second kappa shape index (κ2) is 6.05. The van der Waals surface area contributed by atoms with Crippen molar-refractivity contribution in [3.8, 4) is 11.3 Å². The largest absolute Gasteiger partial charge is 0.459 e. The van der Waals surface area contributed by atoms with Crippen LogP contribution in [0.4, 0.5) is 0 Å². The summed E-state index contributed by atoms with van der Waals surface area (Å²) in [6.07, 6.45) is 0.831. The lowest BCUT2D eigenvalue weighted by molar-refractivity contribution is 0.448. The summed E-state index contributed by atoms with van der Waals surface area (Å²) in [6.45, 7) is 0. The summed E-state index contributed by atoms with van der Waals surface area (Å²) in [4.78, 5) is 0. The van der Waals surface area contributed by atoms with Crippen LogP contribution in [-0.4, -0.2) is 5.71 Å². The van der Waals surface area contributed by atoms with Gasteiger partial charge in [0.05, 0.1) is 5.71 Å². The van der Waals surface area contributed by atoms with Crippen molar-refractivity contribution >= 4 is 21.6 Å². The Morgan fingerprint density at radius 3 is 2.48 bits per heavy atom. The van der Waals surface area contributed by atoms with Crippen molar-refractivity contribution in [2.45, 2.75) is 12.5 Å². The van der Waals surface area contributed by atoms with Crippen LogP contribution in [0.25, 0.3) is 11.3 Å². The lowest BCUT2D eigenvalue weighted by Gasteiger charge is -2.06. The van der Waals surface area contributed by atoms with Gasteiger partial charge in [0, 0.05) is 16.5 Å². The zero-order chi connectivity index (χ0) is 15.6. The van der Waals surface area contributed by atoms with Crippen LogP contribution < -0.4 is 5.43 Å². The molecule has 1 unspecified atom stereocenters. The van der Waals surface area contributed by atoms with Gasteiger partial charge in [-0.05, 0) is 29.8 Å². The van der Waals surface area contributed by atoms with Gasteiger partial charge in [0.2, 0.25) is 0 Å². The minimum absolute atomic E-state index is 0.0920. The fourth-order valence-corrected chi connectivity index (χ4v) is 2.99. The number of halogens is 1. The molecule has 114 valence electrons. The number of hydrogen-bond acceptors (Lipinski definition) is 3. The Bertz CT molecular complexity index is 837. The number of furan rings is 1. The molecule has 1 aromatic heterocycles. The molecule has 0 saturated heterocycles. The molecule has 2 aromatic carbocycles. The second-order valence-corrected chi connectivity index (χ2v) is 6.43. The van der Waals surface area contributed by atoms with Gasteiger partial charge in [-0.1, -0.05) is 58.4 Å². The molecule has 0 saturated carbocycles. The third-order valence-electron chi connectivity index (χ3n) is 3.96. The van der Waals surface area contributed by atoms with Crippen molar-refractivity contribution in [1.29, 1.82) is 0 Å². The van der Waals surface area contributed by atoms with Gasteiger partial charge in [0.1, 0.15) is 17.6 Å². The molecule has 2 heterocycles. The smallest absolute Gasteiger partial charge is 0.134 e. The van der Waals surface area contributed by atoms with E-state index in [1.54, 1.807) is 0 Å². The lowest BCUT2D eigenvalue weighted by Crippen LogP contribution is -2.08. The van der Waals surface area contributed by atoms with Gasteiger partial charge in [0.25, 0.3) is 0 Å². The van der Waals surface area contributed by atoms with Gasteiger partial charge in [-0.15, -0.1) is 0 Å². The number of hydrogen-bond donors (Lipinski definition) is 1. The third-order valence-corrected chi connectivity index (χ3v) is 4.49. The maximum absolute atomic E-state index is 6.03. The molecule has 23 heavy (non-hydrogen) atoms. The minimum atomic E-state index is 0.0920. The average molecular weight is 367 g/mol. The van der Waals surface area contributed by atoms with E-state index in [4.69, 9.17) is 4.42 Å². The van der Waals surface area contributed by atoms with E-state index >= 15 is 0 Å². The van der Waals surface area contributed by atoms with Crippen molar-refractivity contribution in [3.63, 3.8) is 0 Å². The number of benzene rings is 2. The molecule has 0 bridgehead atoms. The molecule has 3 aromatic rings. The van der Waals surface area contributed by atoms with Crippen molar-refractivity contribution in [2.24, 2.45) is 5.10 Å². The molecule has 0 radical (unpaired) electrons. The topological polar surface area (TPSA) is 37.5 Å². The molecule has 0 amide bonds. The standard InChI is InChI=1S/C19H15BrN2O/c20-15-8-6-14(7-9-15)18-10-11-19(23-18)17-12-16(21-22-17)13-4-2-1-3-5-13/h1-11,17,22H,12H2. The predicted molar refractivity (Wildman–Crippen MR) is 95.3 cm³/mol. The minimum Gasteiger partial charge on any atom is -0.459 e. The summed E-state index contributed by atoms with van der Waals surface area (Å²) >= 11 is 3.45. The first-order chi connectivity index (χ1) is 11.3. The summed E-state index contributed by atoms with van der Waals surface area (Å²) in [6, 6.07) is 22.5. The molecule has 1 aliphatic rings. The highest BCUT2D eigenvalue weighted by atomic mass is 79.9. The molecular weight excluding hydrogens is 352 g/mol. The van der Waals surface area contributed by atoms with Crippen LogP contribution in [0.3, 0.4) is 0 Å². The predicted octanol–water partition coefficient (Wildman–Crippen LogP) is 5.15. The first-order valence-corrected chi connectivity index (χ1v) is 8.32. The Kier molecular flexibility index (Phi) is 3.75. The van der Waals surface area contributed by atoms with E-state index in [9.17, 15) is 0 Å². The molecule has 0 fully saturated rings. The summed E-state index contributed by atoms with van der Waals surface area (Å²) in [7, 11) is 0. The van der Waals surface area contributed by atoms with Gasteiger partial charge >= 0.3 is 0 Å². The first kappa shape index (κ1) is 14.3. The quantitative estimate of drug-likeness (QED) is 0.695. The van der Waals surface area contributed by atoms with E-state index in [2.05, 4.69) is 38.6 Å². The Balaban J connectivity index is 1.52. The Labute approximate surface area is 143 Å². The molecule has 4 heteroatoms. The van der Waals surface area contributed by atoms with Crippen molar-refractivity contribution in [3.05, 3.63) is 82.5 Å². The van der Waals surface area contributed by atoms with E-state index in [0.29, 0.717) is 0 Å². The van der Waals surface area contributed by atoms with E-state index in [-0.39, 0.29) is 6.04 Å². The van der Waals surface area contributed by atoms with Gasteiger partial charge in [-0.2, -0.15) is 5.10 Å². The van der Waals surface area contributed by atoms with E-state index in [1.807, 2.05) is 54.6 Å². The molecule has 3 nitrogen and oxygen atoms in total. The summed E-state index contributed by atoms with van der Waals surface area (Å²) in [5, 5.41) is 4.46. The first-order valence-electron chi connectivity index (χ1n) is 7.53. The van der Waals surface area contributed by atoms with Crippen LogP contribution in [0.2, 0.25) is 0 Å². The summed E-state index contributed by atoms with van der Waals surface area (Å²) < 4.78 is 7.09. The Morgan fingerprint density at radius 2 is 1.70 bits per heavy atom. The molecule has 1 aliphatic heterocycles. The normalized spacial score (nSPS) is 16.9. The second-order valence-electron chi connectivity index (χ2n) is 5.52. The van der Waals surface area contributed by atoms with Crippen LogP contribution in [0.1, 0.15) is 23.8 Å². The molecule has 4 rings (SSSR count). The van der Waals surface area contributed by atoms with Crippen molar-refractivity contribution in [1.82, 2.24) is 5.43 Å². The fraction of sp³-hybridized carbons (Fsp3) is 0.105. The Morgan fingerprint density at radius 1 is 0.913 bits per heavy atom. The summed E-state index contributed by atoms with van der Waals surface area (Å²) in [5.74, 6) is 1.79. The van der Waals surface area contributed by atoms with Gasteiger partial charge in [0.15, 0.2) is 0 Å². The van der Waals surface area contributed by atoms with Crippen LogP contribution in [0, 0.1) is 0 Å². The van der Waals surface area contributed by atoms with Crippen molar-refractivity contribution < 1.29 is 4.42 Å². The number of nitrogens with zero attached hydrogens (tertiary/aromatic N) is 1. The number of hydrazone groups is 1. The molecule has 1 atom stereocenters. The third kappa shape index (κ3) is 2.94. The van der Waals surface area contributed by atoms with E-state index < -0.39 is 0 Å². The fourth-order valence-electron chi connectivity index (χ4n) is 2.73. The van der Waals surface area contributed by atoms with Crippen molar-refractivity contribution in [2.75, 3.05) is 0 Å².